The van der Waals surface area contributed by atoms with Gasteiger partial charge in [-0.15, -0.1) is 0 Å². The summed E-state index contributed by atoms with van der Waals surface area (Å²) in [6.45, 7) is 4.36. The third-order valence-corrected chi connectivity index (χ3v) is 3.78. The quantitative estimate of drug-likeness (QED) is 0.868. The summed E-state index contributed by atoms with van der Waals surface area (Å²) in [4.78, 5) is 0. The van der Waals surface area contributed by atoms with E-state index in [1.165, 1.54) is 5.56 Å². The van der Waals surface area contributed by atoms with E-state index in [-0.39, 0.29) is 6.04 Å². The first kappa shape index (κ1) is 15.3. The Morgan fingerprint density at radius 2 is 2.10 bits per heavy atom. The van der Waals surface area contributed by atoms with Gasteiger partial charge in [0.1, 0.15) is 5.75 Å². The second-order valence-electron chi connectivity index (χ2n) is 5.23. The first-order valence-electron chi connectivity index (χ1n) is 7.25. The van der Waals surface area contributed by atoms with Crippen LogP contribution in [0.2, 0.25) is 0 Å². The van der Waals surface area contributed by atoms with Crippen molar-refractivity contribution in [3.8, 4) is 5.75 Å². The summed E-state index contributed by atoms with van der Waals surface area (Å²) in [6, 6.07) is 6.39. The van der Waals surface area contributed by atoms with Gasteiger partial charge in [0.2, 0.25) is 0 Å². The fourth-order valence-corrected chi connectivity index (χ4v) is 2.53. The van der Waals surface area contributed by atoms with Crippen molar-refractivity contribution in [3.05, 3.63) is 29.3 Å². The lowest BCUT2D eigenvalue weighted by molar-refractivity contribution is -0.0379. The van der Waals surface area contributed by atoms with Gasteiger partial charge in [0.15, 0.2) is 0 Å². The molecule has 112 valence electrons. The van der Waals surface area contributed by atoms with Crippen LogP contribution in [0.15, 0.2) is 18.2 Å². The second-order valence-corrected chi connectivity index (χ2v) is 5.23. The Bertz CT molecular complexity index is 416. The van der Waals surface area contributed by atoms with Gasteiger partial charge < -0.3 is 19.5 Å². The molecule has 0 saturated carbocycles. The molecule has 0 bridgehead atoms. The Labute approximate surface area is 121 Å². The number of nitrogens with one attached hydrogen (secondary N) is 1. The summed E-state index contributed by atoms with van der Waals surface area (Å²) in [6.07, 6.45) is 2.29. The third-order valence-electron chi connectivity index (χ3n) is 3.78. The molecule has 1 fully saturated rings. The molecule has 0 spiro atoms. The maximum absolute atomic E-state index is 6.03. The van der Waals surface area contributed by atoms with Gasteiger partial charge in [-0.25, -0.2) is 0 Å². The van der Waals surface area contributed by atoms with Crippen molar-refractivity contribution < 1.29 is 14.2 Å². The van der Waals surface area contributed by atoms with E-state index in [1.54, 1.807) is 7.11 Å². The molecule has 1 aromatic carbocycles. The summed E-state index contributed by atoms with van der Waals surface area (Å²) >= 11 is 0. The van der Waals surface area contributed by atoms with Crippen molar-refractivity contribution in [1.82, 2.24) is 5.32 Å². The standard InChI is InChI=1S/C16H25NO3/c1-12-4-5-16(18-3)14(10-12)15(17-2)11-20-13-6-8-19-9-7-13/h4-5,10,13,15,17H,6-9,11H2,1-3H3. The average Bonchev–Trinajstić information content (AvgIpc) is 2.49. The third kappa shape index (κ3) is 3.95. The lowest BCUT2D eigenvalue weighted by atomic mass is 10.0. The van der Waals surface area contributed by atoms with Gasteiger partial charge >= 0.3 is 0 Å². The fraction of sp³-hybridized carbons (Fsp3) is 0.625. The van der Waals surface area contributed by atoms with Crippen LogP contribution >= 0.6 is 0 Å². The highest BCUT2D eigenvalue weighted by molar-refractivity contribution is 5.39. The molecule has 1 aromatic rings. The summed E-state index contributed by atoms with van der Waals surface area (Å²) < 4.78 is 16.8. The zero-order chi connectivity index (χ0) is 14.4. The monoisotopic (exact) mass is 279 g/mol. The molecule has 20 heavy (non-hydrogen) atoms. The molecule has 0 radical (unpaired) electrons. The maximum Gasteiger partial charge on any atom is 0.123 e. The molecule has 2 rings (SSSR count). The molecule has 0 aromatic heterocycles. The Morgan fingerprint density at radius 3 is 2.75 bits per heavy atom. The lowest BCUT2D eigenvalue weighted by Gasteiger charge is -2.26. The smallest absolute Gasteiger partial charge is 0.123 e. The molecule has 1 unspecified atom stereocenters. The molecular weight excluding hydrogens is 254 g/mol. The minimum atomic E-state index is 0.146. The van der Waals surface area contributed by atoms with Crippen molar-refractivity contribution in [2.75, 3.05) is 34.0 Å². The van der Waals surface area contributed by atoms with Gasteiger partial charge in [0.05, 0.1) is 25.9 Å². The van der Waals surface area contributed by atoms with Crippen LogP contribution in [-0.2, 0) is 9.47 Å². The molecule has 1 aliphatic rings. The molecule has 1 saturated heterocycles. The van der Waals surface area contributed by atoms with E-state index in [0.29, 0.717) is 12.7 Å². The van der Waals surface area contributed by atoms with Crippen LogP contribution in [0, 0.1) is 6.92 Å². The van der Waals surface area contributed by atoms with Crippen molar-refractivity contribution in [2.24, 2.45) is 0 Å². The number of aryl methyl sites for hydroxylation is 1. The Hall–Kier alpha value is -1.10. The van der Waals surface area contributed by atoms with E-state index in [4.69, 9.17) is 14.2 Å². The van der Waals surface area contributed by atoms with E-state index >= 15 is 0 Å². The lowest BCUT2D eigenvalue weighted by Crippen LogP contribution is -2.29. The zero-order valence-electron chi connectivity index (χ0n) is 12.6. The predicted octanol–water partition coefficient (Wildman–Crippen LogP) is 2.46. The van der Waals surface area contributed by atoms with E-state index in [2.05, 4.69) is 24.4 Å². The molecule has 1 heterocycles. The summed E-state index contributed by atoms with van der Waals surface area (Å²) in [5, 5.41) is 3.32. The normalized spacial score (nSPS) is 17.9. The SMILES string of the molecule is CNC(COC1CCOCC1)c1cc(C)ccc1OC. The van der Waals surface area contributed by atoms with E-state index < -0.39 is 0 Å². The number of ether oxygens (including phenoxy) is 3. The van der Waals surface area contributed by atoms with Crippen LogP contribution in [0.1, 0.15) is 30.0 Å². The van der Waals surface area contributed by atoms with E-state index in [9.17, 15) is 0 Å². The van der Waals surface area contributed by atoms with Crippen LogP contribution < -0.4 is 10.1 Å². The van der Waals surface area contributed by atoms with Gasteiger partial charge in [0.25, 0.3) is 0 Å². The van der Waals surface area contributed by atoms with Crippen LogP contribution in [0.4, 0.5) is 0 Å². The molecule has 0 aliphatic carbocycles. The number of rotatable bonds is 6. The minimum absolute atomic E-state index is 0.146. The first-order valence-corrected chi connectivity index (χ1v) is 7.25. The largest absolute Gasteiger partial charge is 0.496 e. The van der Waals surface area contributed by atoms with Gasteiger partial charge in [-0.3, -0.25) is 0 Å². The van der Waals surface area contributed by atoms with Crippen LogP contribution in [0.3, 0.4) is 0 Å². The number of benzene rings is 1. The Morgan fingerprint density at radius 1 is 1.35 bits per heavy atom. The van der Waals surface area contributed by atoms with E-state index in [1.807, 2.05) is 13.1 Å². The molecule has 4 nitrogen and oxygen atoms in total. The van der Waals surface area contributed by atoms with Crippen molar-refractivity contribution in [3.63, 3.8) is 0 Å². The number of methoxy groups -OCH3 is 1. The minimum Gasteiger partial charge on any atom is -0.496 e. The molecule has 0 amide bonds. The number of likely N-dealkylation sites (N-methyl/N-ethyl adjacent to an activating group) is 1. The van der Waals surface area contributed by atoms with Crippen LogP contribution in [-0.4, -0.2) is 40.1 Å². The van der Waals surface area contributed by atoms with Crippen molar-refractivity contribution in [1.29, 1.82) is 0 Å². The molecule has 4 heteroatoms. The van der Waals surface area contributed by atoms with Crippen LogP contribution in [0.5, 0.6) is 5.75 Å². The topological polar surface area (TPSA) is 39.7 Å². The zero-order valence-corrected chi connectivity index (χ0v) is 12.6. The highest BCUT2D eigenvalue weighted by Crippen LogP contribution is 2.27. The molecular formula is C16H25NO3. The van der Waals surface area contributed by atoms with Crippen LogP contribution in [0.25, 0.3) is 0 Å². The van der Waals surface area contributed by atoms with E-state index in [0.717, 1.165) is 37.4 Å². The van der Waals surface area contributed by atoms with Gasteiger partial charge in [-0.05, 0) is 32.9 Å². The van der Waals surface area contributed by atoms with Gasteiger partial charge in [-0.1, -0.05) is 17.7 Å². The van der Waals surface area contributed by atoms with Gasteiger partial charge in [0, 0.05) is 18.8 Å². The fourth-order valence-electron chi connectivity index (χ4n) is 2.53. The maximum atomic E-state index is 6.03. The van der Waals surface area contributed by atoms with Crippen molar-refractivity contribution >= 4 is 0 Å². The molecule has 1 atom stereocenters. The average molecular weight is 279 g/mol. The number of hydrogen-bond donors (Lipinski definition) is 1. The second kappa shape index (κ2) is 7.62. The van der Waals surface area contributed by atoms with Crippen molar-refractivity contribution in [2.45, 2.75) is 31.9 Å². The summed E-state index contributed by atoms with van der Waals surface area (Å²) in [5.41, 5.74) is 2.38. The summed E-state index contributed by atoms with van der Waals surface area (Å²) in [7, 11) is 3.67. The summed E-state index contributed by atoms with van der Waals surface area (Å²) in [5.74, 6) is 0.908. The Balaban J connectivity index is 2.01. The number of hydrogen-bond acceptors (Lipinski definition) is 4. The highest BCUT2D eigenvalue weighted by Gasteiger charge is 2.19. The Kier molecular flexibility index (Phi) is 5.83. The first-order chi connectivity index (χ1) is 9.74. The van der Waals surface area contributed by atoms with Gasteiger partial charge in [-0.2, -0.15) is 0 Å². The molecule has 1 aliphatic heterocycles. The predicted molar refractivity (Wildman–Crippen MR) is 79.3 cm³/mol. The highest BCUT2D eigenvalue weighted by atomic mass is 16.5. The molecule has 1 N–H and O–H groups in total.